The van der Waals surface area contributed by atoms with Crippen molar-refractivity contribution in [2.24, 2.45) is 5.14 Å². The second kappa shape index (κ2) is 7.08. The van der Waals surface area contributed by atoms with Crippen LogP contribution in [-0.4, -0.2) is 20.1 Å². The molecule has 112 valence electrons. The molecule has 0 saturated heterocycles. The molecule has 0 spiro atoms. The average molecular weight is 342 g/mol. The molecule has 0 atom stereocenters. The van der Waals surface area contributed by atoms with Gasteiger partial charge in [0.2, 0.25) is 15.9 Å². The molecule has 5 nitrogen and oxygen atoms in total. The number of nitrogens with two attached hydrogens (primary N) is 1. The van der Waals surface area contributed by atoms with Crippen LogP contribution in [0.1, 0.15) is 4.88 Å². The van der Waals surface area contributed by atoms with E-state index in [4.69, 9.17) is 5.14 Å². The van der Waals surface area contributed by atoms with Crippen LogP contribution in [0.4, 0.5) is 5.69 Å². The van der Waals surface area contributed by atoms with Gasteiger partial charge in [-0.3, -0.25) is 4.79 Å². The molecule has 0 bridgehead atoms. The number of carbonyl (C=O) groups is 1. The Balaban J connectivity index is 1.82. The molecular formula is C13H14N2O3S3. The molecule has 2 rings (SSSR count). The first-order valence-corrected chi connectivity index (χ1v) is 9.56. The van der Waals surface area contributed by atoms with Crippen molar-refractivity contribution in [3.8, 4) is 0 Å². The highest BCUT2D eigenvalue weighted by molar-refractivity contribution is 7.99. The number of carbonyl (C=O) groups excluding carboxylic acids is 1. The number of thioether (sulfide) groups is 1. The summed E-state index contributed by atoms with van der Waals surface area (Å²) in [6.45, 7) is 0. The lowest BCUT2D eigenvalue weighted by molar-refractivity contribution is -0.113. The van der Waals surface area contributed by atoms with Gasteiger partial charge in [0.1, 0.15) is 0 Å². The van der Waals surface area contributed by atoms with Gasteiger partial charge in [-0.1, -0.05) is 6.07 Å². The molecule has 1 aromatic carbocycles. The summed E-state index contributed by atoms with van der Waals surface area (Å²) in [5.74, 6) is 1.02. The van der Waals surface area contributed by atoms with E-state index in [2.05, 4.69) is 5.32 Å². The fourth-order valence-corrected chi connectivity index (χ4v) is 3.75. The van der Waals surface area contributed by atoms with E-state index in [1.165, 1.54) is 40.9 Å². The predicted molar refractivity (Wildman–Crippen MR) is 86.9 cm³/mol. The lowest BCUT2D eigenvalue weighted by Crippen LogP contribution is -2.15. The van der Waals surface area contributed by atoms with Crippen LogP contribution in [0, 0.1) is 0 Å². The first-order chi connectivity index (χ1) is 9.95. The second-order valence-corrected chi connectivity index (χ2v) is 7.77. The number of hydrogen-bond donors (Lipinski definition) is 2. The summed E-state index contributed by atoms with van der Waals surface area (Å²) in [4.78, 5) is 13.0. The Morgan fingerprint density at radius 2 is 1.95 bits per heavy atom. The average Bonchev–Trinajstić information content (AvgIpc) is 2.91. The zero-order chi connectivity index (χ0) is 15.3. The third kappa shape index (κ3) is 5.16. The van der Waals surface area contributed by atoms with E-state index in [1.54, 1.807) is 11.3 Å². The molecule has 0 aliphatic heterocycles. The van der Waals surface area contributed by atoms with E-state index in [9.17, 15) is 13.2 Å². The van der Waals surface area contributed by atoms with E-state index >= 15 is 0 Å². The largest absolute Gasteiger partial charge is 0.325 e. The number of hydrogen-bond acceptors (Lipinski definition) is 5. The van der Waals surface area contributed by atoms with Crippen LogP contribution in [0.5, 0.6) is 0 Å². The summed E-state index contributed by atoms with van der Waals surface area (Å²) in [6.07, 6.45) is 0. The van der Waals surface area contributed by atoms with Crippen LogP contribution in [0.2, 0.25) is 0 Å². The summed E-state index contributed by atoms with van der Waals surface area (Å²) in [6, 6.07) is 9.77. The van der Waals surface area contributed by atoms with E-state index in [0.717, 1.165) is 5.75 Å². The van der Waals surface area contributed by atoms with Crippen molar-refractivity contribution in [1.29, 1.82) is 0 Å². The first-order valence-electron chi connectivity index (χ1n) is 5.98. The molecule has 8 heteroatoms. The van der Waals surface area contributed by atoms with Crippen LogP contribution in [-0.2, 0) is 20.6 Å². The number of thiophene rings is 1. The number of rotatable bonds is 6. The minimum Gasteiger partial charge on any atom is -0.325 e. The van der Waals surface area contributed by atoms with Gasteiger partial charge in [0, 0.05) is 16.3 Å². The zero-order valence-electron chi connectivity index (χ0n) is 11.0. The highest BCUT2D eigenvalue weighted by Crippen LogP contribution is 2.18. The topological polar surface area (TPSA) is 89.3 Å². The Kier molecular flexibility index (Phi) is 5.40. The highest BCUT2D eigenvalue weighted by atomic mass is 32.2. The van der Waals surface area contributed by atoms with Crippen molar-refractivity contribution in [1.82, 2.24) is 0 Å². The Hall–Kier alpha value is -1.35. The Bertz CT molecular complexity index is 695. The minimum atomic E-state index is -3.70. The molecule has 0 saturated carbocycles. The third-order valence-electron chi connectivity index (χ3n) is 2.52. The molecule has 0 aliphatic rings. The van der Waals surface area contributed by atoms with Crippen molar-refractivity contribution >= 4 is 44.7 Å². The lowest BCUT2D eigenvalue weighted by atomic mass is 10.3. The third-order valence-corrected chi connectivity index (χ3v) is 5.49. The first kappa shape index (κ1) is 16.0. The van der Waals surface area contributed by atoms with Gasteiger partial charge in [-0.15, -0.1) is 23.1 Å². The van der Waals surface area contributed by atoms with Crippen LogP contribution < -0.4 is 10.5 Å². The van der Waals surface area contributed by atoms with Gasteiger partial charge in [0.25, 0.3) is 0 Å². The van der Waals surface area contributed by atoms with E-state index in [1.807, 2.05) is 17.5 Å². The summed E-state index contributed by atoms with van der Waals surface area (Å²) < 4.78 is 22.2. The number of primary sulfonamides is 1. The molecule has 1 heterocycles. The van der Waals surface area contributed by atoms with Gasteiger partial charge in [0.15, 0.2) is 0 Å². The molecule has 1 aromatic heterocycles. The molecule has 0 fully saturated rings. The van der Waals surface area contributed by atoms with Crippen molar-refractivity contribution in [3.05, 3.63) is 46.7 Å². The van der Waals surface area contributed by atoms with E-state index in [0.29, 0.717) is 11.4 Å². The van der Waals surface area contributed by atoms with Crippen LogP contribution in [0.3, 0.4) is 0 Å². The second-order valence-electron chi connectivity index (χ2n) is 4.19. The number of anilines is 1. The Morgan fingerprint density at radius 1 is 1.24 bits per heavy atom. The Morgan fingerprint density at radius 3 is 2.52 bits per heavy atom. The SMILES string of the molecule is NS(=O)(=O)c1ccc(NC(=O)CSCc2cccs2)cc1. The standard InChI is InChI=1S/C13H14N2O3S3/c14-21(17,18)12-5-3-10(4-6-12)15-13(16)9-19-8-11-2-1-7-20-11/h1-7H,8-9H2,(H,15,16)(H2,14,17,18). The van der Waals surface area contributed by atoms with Gasteiger partial charge in [0.05, 0.1) is 10.6 Å². The molecule has 0 unspecified atom stereocenters. The fourth-order valence-electron chi connectivity index (χ4n) is 1.56. The smallest absolute Gasteiger partial charge is 0.238 e. The maximum absolute atomic E-state index is 11.8. The molecule has 0 aliphatic carbocycles. The van der Waals surface area contributed by atoms with Crippen molar-refractivity contribution in [2.45, 2.75) is 10.6 Å². The van der Waals surface area contributed by atoms with Gasteiger partial charge in [-0.05, 0) is 35.7 Å². The maximum Gasteiger partial charge on any atom is 0.238 e. The summed E-state index contributed by atoms with van der Waals surface area (Å²) in [5.41, 5.74) is 0.545. The van der Waals surface area contributed by atoms with Crippen molar-refractivity contribution < 1.29 is 13.2 Å². The number of nitrogens with one attached hydrogen (secondary N) is 1. The van der Waals surface area contributed by atoms with Gasteiger partial charge >= 0.3 is 0 Å². The van der Waals surface area contributed by atoms with Gasteiger partial charge in [-0.25, -0.2) is 13.6 Å². The summed E-state index contributed by atoms with van der Waals surface area (Å²) >= 11 is 3.19. The van der Waals surface area contributed by atoms with Crippen molar-refractivity contribution in [2.75, 3.05) is 11.1 Å². The van der Waals surface area contributed by atoms with Crippen LogP contribution >= 0.6 is 23.1 Å². The van der Waals surface area contributed by atoms with Gasteiger partial charge < -0.3 is 5.32 Å². The number of benzene rings is 1. The van der Waals surface area contributed by atoms with E-state index in [-0.39, 0.29) is 10.8 Å². The van der Waals surface area contributed by atoms with Crippen LogP contribution in [0.15, 0.2) is 46.7 Å². The molecule has 21 heavy (non-hydrogen) atoms. The molecule has 2 aromatic rings. The molecule has 0 radical (unpaired) electrons. The molecule has 1 amide bonds. The molecule has 3 N–H and O–H groups in total. The number of amides is 1. The quantitative estimate of drug-likeness (QED) is 0.843. The van der Waals surface area contributed by atoms with E-state index < -0.39 is 10.0 Å². The summed E-state index contributed by atoms with van der Waals surface area (Å²) in [5, 5.41) is 9.71. The fraction of sp³-hybridized carbons (Fsp3) is 0.154. The Labute approximate surface area is 131 Å². The van der Waals surface area contributed by atoms with Crippen LogP contribution in [0.25, 0.3) is 0 Å². The summed E-state index contributed by atoms with van der Waals surface area (Å²) in [7, 11) is -3.70. The monoisotopic (exact) mass is 342 g/mol. The maximum atomic E-state index is 11.8. The molecular weight excluding hydrogens is 328 g/mol. The van der Waals surface area contributed by atoms with Crippen molar-refractivity contribution in [3.63, 3.8) is 0 Å². The number of sulfonamides is 1. The predicted octanol–water partition coefficient (Wildman–Crippen LogP) is 2.27. The lowest BCUT2D eigenvalue weighted by Gasteiger charge is -2.05. The minimum absolute atomic E-state index is 0.0209. The zero-order valence-corrected chi connectivity index (χ0v) is 13.4. The highest BCUT2D eigenvalue weighted by Gasteiger charge is 2.08. The van der Waals surface area contributed by atoms with Gasteiger partial charge in [-0.2, -0.15) is 0 Å². The normalized spacial score (nSPS) is 11.3.